The molecule has 0 spiro atoms. The Hall–Kier alpha value is -2.37. The Morgan fingerprint density at radius 3 is 2.64 bits per heavy atom. The quantitative estimate of drug-likeness (QED) is 0.329. The smallest absolute Gasteiger partial charge is 0.329 e. The molecule has 0 unspecified atom stereocenters. The molecule has 0 bridgehead atoms. The second kappa shape index (κ2) is 10.2. The number of thiophene rings is 1. The number of rotatable bonds is 6. The van der Waals surface area contributed by atoms with E-state index in [-0.39, 0.29) is 30.6 Å². The van der Waals surface area contributed by atoms with Gasteiger partial charge < -0.3 is 30.6 Å². The molecule has 4 fully saturated rings. The van der Waals surface area contributed by atoms with Crippen LogP contribution in [0.5, 0.6) is 0 Å². The summed E-state index contributed by atoms with van der Waals surface area (Å²) in [7, 11) is -4.22. The van der Waals surface area contributed by atoms with Gasteiger partial charge in [-0.05, 0) is 73.1 Å². The first-order chi connectivity index (χ1) is 18.6. The first-order valence-corrected chi connectivity index (χ1v) is 16.0. The van der Waals surface area contributed by atoms with Crippen LogP contribution >= 0.6 is 18.9 Å². The third-order valence-electron chi connectivity index (χ3n) is 8.51. The summed E-state index contributed by atoms with van der Waals surface area (Å²) in [5.41, 5.74) is 0.479. The SMILES string of the molecule is O=C(N[C@H]1C[C@@H]2C[C@@H]2C[C@H]2CC[C@@H](C(=O)N[C@H]3CNC[C@@H]3F)N2C1=O)c1cc2cc(CP(=O)(O)O)ccc2s1. The summed E-state index contributed by atoms with van der Waals surface area (Å²) in [6, 6.07) is 4.58. The van der Waals surface area contributed by atoms with Crippen molar-refractivity contribution in [1.29, 1.82) is 0 Å². The van der Waals surface area contributed by atoms with E-state index >= 15 is 0 Å². The minimum atomic E-state index is -4.22. The molecule has 39 heavy (non-hydrogen) atoms. The van der Waals surface area contributed by atoms with E-state index in [1.54, 1.807) is 29.2 Å². The summed E-state index contributed by atoms with van der Waals surface area (Å²) in [6.45, 7) is 0.552. The zero-order valence-electron chi connectivity index (χ0n) is 21.2. The van der Waals surface area contributed by atoms with Crippen molar-refractivity contribution in [2.75, 3.05) is 13.1 Å². The molecule has 4 heterocycles. The average molecular weight is 579 g/mol. The number of hydrogen-bond acceptors (Lipinski definition) is 6. The largest absolute Gasteiger partial charge is 0.347 e. The van der Waals surface area contributed by atoms with Gasteiger partial charge in [-0.15, -0.1) is 11.3 Å². The lowest BCUT2D eigenvalue weighted by Gasteiger charge is -2.35. The van der Waals surface area contributed by atoms with Gasteiger partial charge in [-0.3, -0.25) is 18.9 Å². The van der Waals surface area contributed by atoms with Crippen LogP contribution in [0.2, 0.25) is 0 Å². The normalized spacial score (nSPS) is 32.3. The van der Waals surface area contributed by atoms with Gasteiger partial charge in [0.25, 0.3) is 5.91 Å². The van der Waals surface area contributed by atoms with E-state index in [2.05, 4.69) is 16.0 Å². The summed E-state index contributed by atoms with van der Waals surface area (Å²) in [4.78, 5) is 60.9. The van der Waals surface area contributed by atoms with Crippen LogP contribution in [-0.2, 0) is 20.3 Å². The average Bonchev–Trinajstić information content (AvgIpc) is 3.18. The van der Waals surface area contributed by atoms with Crippen LogP contribution in [0.25, 0.3) is 10.1 Å². The Balaban J connectivity index is 1.19. The van der Waals surface area contributed by atoms with E-state index < -0.39 is 37.8 Å². The van der Waals surface area contributed by atoms with Gasteiger partial charge in [0, 0.05) is 23.8 Å². The van der Waals surface area contributed by atoms with Crippen LogP contribution < -0.4 is 16.0 Å². The molecule has 10 nitrogen and oxygen atoms in total. The number of alkyl halides is 1. The van der Waals surface area contributed by atoms with E-state index in [9.17, 15) is 33.1 Å². The Bertz CT molecular complexity index is 1370. The van der Waals surface area contributed by atoms with Crippen LogP contribution in [0.1, 0.15) is 47.3 Å². The van der Waals surface area contributed by atoms with Gasteiger partial charge in [0.1, 0.15) is 18.3 Å². The molecule has 13 heteroatoms. The second-order valence-electron chi connectivity index (χ2n) is 11.3. The maximum absolute atomic E-state index is 14.1. The maximum atomic E-state index is 14.1. The second-order valence-corrected chi connectivity index (χ2v) is 14.1. The third-order valence-corrected chi connectivity index (χ3v) is 10.4. The predicted octanol–water partition coefficient (Wildman–Crippen LogP) is 1.89. The topological polar surface area (TPSA) is 148 Å². The highest BCUT2D eigenvalue weighted by atomic mass is 32.1. The predicted molar refractivity (Wildman–Crippen MR) is 143 cm³/mol. The zero-order valence-corrected chi connectivity index (χ0v) is 22.9. The zero-order chi connectivity index (χ0) is 27.5. The van der Waals surface area contributed by atoms with E-state index in [4.69, 9.17) is 0 Å². The Kier molecular flexibility index (Phi) is 7.04. The number of nitrogens with one attached hydrogen (secondary N) is 3. The van der Waals surface area contributed by atoms with E-state index in [1.807, 2.05) is 0 Å². The van der Waals surface area contributed by atoms with Gasteiger partial charge in [-0.25, -0.2) is 4.39 Å². The fourth-order valence-electron chi connectivity index (χ4n) is 6.48. The number of hydrogen-bond donors (Lipinski definition) is 5. The monoisotopic (exact) mass is 578 g/mol. The lowest BCUT2D eigenvalue weighted by molar-refractivity contribution is -0.143. The van der Waals surface area contributed by atoms with Crippen molar-refractivity contribution in [1.82, 2.24) is 20.9 Å². The molecule has 1 aromatic carbocycles. The van der Waals surface area contributed by atoms with Crippen LogP contribution in [-0.4, -0.2) is 75.8 Å². The number of fused-ring (bicyclic) bond motifs is 3. The number of nitrogens with zero attached hydrogens (tertiary/aromatic N) is 1. The minimum Gasteiger partial charge on any atom is -0.347 e. The van der Waals surface area contributed by atoms with Crippen LogP contribution in [0.4, 0.5) is 4.39 Å². The molecule has 210 valence electrons. The third kappa shape index (κ3) is 5.63. The Morgan fingerprint density at radius 2 is 1.90 bits per heavy atom. The summed E-state index contributed by atoms with van der Waals surface area (Å²) < 4.78 is 26.3. The lowest BCUT2D eigenvalue weighted by Crippen LogP contribution is -2.58. The minimum absolute atomic E-state index is 0.0670. The number of benzene rings is 1. The van der Waals surface area contributed by atoms with Gasteiger partial charge in [-0.2, -0.15) is 0 Å². The van der Waals surface area contributed by atoms with Crippen molar-refractivity contribution in [3.63, 3.8) is 0 Å². The van der Waals surface area contributed by atoms with Gasteiger partial charge in [0.2, 0.25) is 11.8 Å². The highest BCUT2D eigenvalue weighted by molar-refractivity contribution is 7.50. The molecule has 0 radical (unpaired) electrons. The van der Waals surface area contributed by atoms with Crippen LogP contribution in [0.15, 0.2) is 24.3 Å². The number of carbonyl (C=O) groups excluding carboxylic acids is 3. The molecule has 2 aromatic rings. The molecule has 4 aliphatic rings. The molecule has 3 aliphatic heterocycles. The molecular formula is C26H32FN4O6PS. The molecule has 5 N–H and O–H groups in total. The molecule has 6 rings (SSSR count). The first-order valence-electron chi connectivity index (χ1n) is 13.4. The standard InChI is InChI=1S/C26H32FN4O6PS/c27-18-10-28-11-20(18)30-24(32)21-3-2-17-7-14-6-15(14)8-19(26(34)31(17)21)29-25(33)23-9-16-5-13(12-38(35,36)37)1-4-22(16)39-23/h1,4-5,9,14-15,17-21,28H,2-3,6-8,10-12H2,(H,29,33)(H,30,32)(H2,35,36,37)/t14-,15+,17-,18+,19+,20+,21+/m1/s1. The number of carbonyl (C=O) groups is 3. The van der Waals surface area contributed by atoms with E-state index in [0.29, 0.717) is 53.5 Å². The van der Waals surface area contributed by atoms with Crippen molar-refractivity contribution in [3.8, 4) is 0 Å². The summed E-state index contributed by atoms with van der Waals surface area (Å²) in [6.07, 6.45) is 2.06. The highest BCUT2D eigenvalue weighted by Crippen LogP contribution is 2.49. The fourth-order valence-corrected chi connectivity index (χ4v) is 8.10. The van der Waals surface area contributed by atoms with Crippen LogP contribution in [0, 0.1) is 11.8 Å². The maximum Gasteiger partial charge on any atom is 0.329 e. The molecule has 1 aromatic heterocycles. The van der Waals surface area contributed by atoms with Crippen molar-refractivity contribution in [2.24, 2.45) is 11.8 Å². The first kappa shape index (κ1) is 26.8. The van der Waals surface area contributed by atoms with Crippen LogP contribution in [0.3, 0.4) is 0 Å². The van der Waals surface area contributed by atoms with Crippen molar-refractivity contribution >= 4 is 46.7 Å². The molecular weight excluding hydrogens is 546 g/mol. The number of amides is 3. The summed E-state index contributed by atoms with van der Waals surface area (Å²) in [5.74, 6) is -0.155. The molecule has 3 saturated heterocycles. The Morgan fingerprint density at radius 1 is 1.10 bits per heavy atom. The fraction of sp³-hybridized carbons (Fsp3) is 0.577. The van der Waals surface area contributed by atoms with E-state index in [0.717, 1.165) is 17.5 Å². The van der Waals surface area contributed by atoms with Gasteiger partial charge in [0.05, 0.1) is 17.1 Å². The highest BCUT2D eigenvalue weighted by Gasteiger charge is 2.51. The van der Waals surface area contributed by atoms with Crippen molar-refractivity contribution in [2.45, 2.75) is 68.6 Å². The van der Waals surface area contributed by atoms with Gasteiger partial charge in [0.15, 0.2) is 0 Å². The number of halogens is 1. The Labute approximate surface area is 228 Å². The molecule has 7 atom stereocenters. The van der Waals surface area contributed by atoms with Gasteiger partial charge in [-0.1, -0.05) is 6.07 Å². The van der Waals surface area contributed by atoms with Crippen molar-refractivity contribution in [3.05, 3.63) is 34.7 Å². The van der Waals surface area contributed by atoms with Gasteiger partial charge >= 0.3 is 7.60 Å². The lowest BCUT2D eigenvalue weighted by atomic mass is 9.99. The summed E-state index contributed by atoms with van der Waals surface area (Å²) >= 11 is 1.25. The molecule has 1 saturated carbocycles. The molecule has 1 aliphatic carbocycles. The summed E-state index contributed by atoms with van der Waals surface area (Å²) in [5, 5.41) is 9.35. The van der Waals surface area contributed by atoms with Crippen molar-refractivity contribution < 1.29 is 33.1 Å². The molecule has 3 amide bonds. The van der Waals surface area contributed by atoms with E-state index in [1.165, 1.54) is 11.3 Å².